The first-order valence-electron chi connectivity index (χ1n) is 43.1. The minimum absolute atomic E-state index is 0. The fourth-order valence-electron chi connectivity index (χ4n) is 16.2. The molecule has 0 amide bonds. The number of benzene rings is 13. The van der Waals surface area contributed by atoms with E-state index in [4.69, 9.17) is 33.2 Å². The fourth-order valence-corrected chi connectivity index (χ4v) is 20.2. The molecular formula is C106H114F6N12O15S4+2. The number of nitrogens with zero attached hydrogens (tertiary/aromatic N) is 10. The third-order valence-corrected chi connectivity index (χ3v) is 28.2. The molecule has 0 fully saturated rings. The van der Waals surface area contributed by atoms with E-state index < -0.39 is 51.1 Å². The predicted octanol–water partition coefficient (Wildman–Crippen LogP) is 23.1. The predicted molar refractivity (Wildman–Crippen MR) is 555 cm³/mol. The summed E-state index contributed by atoms with van der Waals surface area (Å²) in [5, 5.41) is 4.55. The Morgan fingerprint density at radius 1 is 0.294 bits per heavy atom. The van der Waals surface area contributed by atoms with E-state index in [0.29, 0.717) is 20.8 Å². The van der Waals surface area contributed by atoms with Gasteiger partial charge in [0.2, 0.25) is 32.7 Å². The molecule has 752 valence electrons. The lowest BCUT2D eigenvalue weighted by Gasteiger charge is -2.26. The number of methoxy groups -OCH3 is 7. The van der Waals surface area contributed by atoms with Crippen LogP contribution in [0.15, 0.2) is 329 Å². The highest BCUT2D eigenvalue weighted by atomic mass is 32.3. The molecule has 0 unspecified atom stereocenters. The van der Waals surface area contributed by atoms with Crippen LogP contribution in [0, 0.1) is 6.92 Å². The highest BCUT2D eigenvalue weighted by molar-refractivity contribution is 8.05. The lowest BCUT2D eigenvalue weighted by molar-refractivity contribution is -0.697. The van der Waals surface area contributed by atoms with Gasteiger partial charge in [0.15, 0.2) is 0 Å². The maximum Gasteiger partial charge on any atom is 0.512 e. The first-order chi connectivity index (χ1) is 66.4. The van der Waals surface area contributed by atoms with Gasteiger partial charge >= 0.3 is 31.1 Å². The molecule has 0 aliphatic heterocycles. The number of anilines is 12. The third kappa shape index (κ3) is 25.5. The molecule has 0 aliphatic rings. The number of alkyl halides is 6. The molecule has 2 N–H and O–H groups in total. The van der Waals surface area contributed by atoms with Crippen LogP contribution in [-0.2, 0) is 79.4 Å². The molecule has 17 rings (SSSR count). The summed E-state index contributed by atoms with van der Waals surface area (Å²) in [6.07, 6.45) is 13.8. The number of ether oxygens (including phenoxy) is 7. The Morgan fingerprint density at radius 2 is 0.490 bits per heavy atom. The number of hydrogen-bond acceptors (Lipinski definition) is 19. The van der Waals surface area contributed by atoms with Crippen LogP contribution in [0.2, 0.25) is 0 Å². The van der Waals surface area contributed by atoms with Gasteiger partial charge < -0.3 is 61.9 Å². The van der Waals surface area contributed by atoms with Crippen molar-refractivity contribution in [1.82, 2.24) is 26.5 Å². The molecule has 0 saturated heterocycles. The van der Waals surface area contributed by atoms with Gasteiger partial charge in [0, 0.05) is 112 Å². The average Bonchev–Trinajstić information content (AvgIpc) is 1.59. The van der Waals surface area contributed by atoms with Crippen LogP contribution in [0.5, 0.6) is 40.2 Å². The molecule has 0 radical (unpaired) electrons. The lowest BCUT2D eigenvalue weighted by Crippen LogP contribution is -2.39. The van der Waals surface area contributed by atoms with Crippen LogP contribution in [0.3, 0.4) is 0 Å². The van der Waals surface area contributed by atoms with E-state index in [9.17, 15) is 60.0 Å². The van der Waals surface area contributed by atoms with Crippen molar-refractivity contribution in [1.29, 1.82) is 0 Å². The molecule has 4 aromatic heterocycles. The summed E-state index contributed by atoms with van der Waals surface area (Å²) >= 11 is 0. The smallest absolute Gasteiger partial charge is 0.497 e. The number of rotatable bonds is 33. The Balaban J connectivity index is 0.000000618. The fraction of sp³-hybridized carbons (Fsp3) is 0.208. The molecule has 0 atom stereocenters. The zero-order valence-electron chi connectivity index (χ0n) is 76.9. The largest absolute Gasteiger partial charge is 0.512 e. The van der Waals surface area contributed by atoms with Gasteiger partial charge in [-0.15, -0.1) is 8.25 Å². The van der Waals surface area contributed by atoms with Crippen molar-refractivity contribution >= 4 is 152 Å². The molecule has 143 heavy (non-hydrogen) atoms. The van der Waals surface area contributed by atoms with Gasteiger partial charge in [-0.1, -0.05) is 71.7 Å². The lowest BCUT2D eigenvalue weighted by atomic mass is 10.1. The standard InChI is InChI=1S/C98H90N10O7.2C2H4F3NO4S2.4CH4/c1-69-9-15-72(16-10-69)105(73-17-35-84(109-2)36-18-73)80-31-49-95-91(61-80)92-62-81(106(74-19-37-85(110-3)38-20-74)75-21-39-86(111-4)40-22-75)32-50-96(92)103(95)59-57-99-53-55-101(67-99)65-70-11-13-71(14-12-70)66-102-56-54-100(68-102)58-60-104-97-51-33-82(107(76-23-41-87(112-5)42-24-76)77-25-43-88(113-6)44-26-77)63-93(97)94-64-83(34-52-98(94)104)108(78-27-45-89(114-7)46-28-78)79-29-47-90(115-8)48-30-79;2*1-11(7,8)6-12(9,10)2(3,4)5;;;;/h9-56,61-64,67-68H,57-60,65-66H2,1-8H3;2*6H,1H3;4*1H4/q+2;;;;;;. The third-order valence-electron chi connectivity index (χ3n) is 22.8. The quantitative estimate of drug-likeness (QED) is 0.0286. The Hall–Kier alpha value is -15.0. The number of hydrogen-bond donors (Lipinski definition) is 2. The Morgan fingerprint density at radius 3 is 0.671 bits per heavy atom. The van der Waals surface area contributed by atoms with E-state index in [0.717, 1.165) is 191 Å². The first-order valence-corrected chi connectivity index (χ1v) is 49.8. The molecule has 27 nitrogen and oxygen atoms in total. The number of nitrogens with one attached hydrogen (secondary N) is 2. The monoisotopic (exact) mass is 2040 g/mol. The number of imidazole rings is 2. The number of aryl methyl sites for hydroxylation is 5. The molecule has 0 spiro atoms. The normalized spacial score (nSPS) is 11.6. The van der Waals surface area contributed by atoms with Gasteiger partial charge in [-0.3, -0.25) is 0 Å². The van der Waals surface area contributed by atoms with Crippen LogP contribution in [-0.4, -0.2) is 125 Å². The van der Waals surface area contributed by atoms with Crippen LogP contribution in [0.1, 0.15) is 46.4 Å². The second-order valence-electron chi connectivity index (χ2n) is 32.2. The van der Waals surface area contributed by atoms with Crippen molar-refractivity contribution in [2.75, 3.05) is 81.9 Å². The zero-order chi connectivity index (χ0) is 98.9. The summed E-state index contributed by atoms with van der Waals surface area (Å²) in [5.74, 6) is 5.54. The van der Waals surface area contributed by atoms with E-state index in [-0.39, 0.29) is 29.7 Å². The SMILES string of the molecule is C.C.C.C.COc1ccc(N(c2ccc(C)cc2)c2ccc3c(c2)c2cc(N(c4ccc(OC)cc4)c4ccc(OC)cc4)ccc2n3CC[n+]2ccn(Cc3ccc(Cn4cc[n+](CCn5c6ccc(N(c7ccc(OC)cc7)c7ccc(OC)cc7)cc6c6cc(N(c7ccc(OC)cc7)c7ccc(OC)cc7)ccc65)c4)cc3)c2)cc1.CS(=O)(=O)NS(=O)(=O)C(F)(F)F.CS(=O)(=O)NS(=O)(=O)C(F)(F)F. The summed E-state index contributed by atoms with van der Waals surface area (Å²) < 4.78 is 204. The van der Waals surface area contributed by atoms with E-state index in [2.05, 4.69) is 298 Å². The Bertz CT molecular complexity index is 7310. The molecular weight excluding hydrogens is 1920 g/mol. The molecule has 0 aliphatic carbocycles. The average molecular weight is 2040 g/mol. The minimum atomic E-state index is -5.79. The molecule has 0 bridgehead atoms. The van der Waals surface area contributed by atoms with Crippen molar-refractivity contribution in [3.05, 3.63) is 345 Å². The minimum Gasteiger partial charge on any atom is -0.497 e. The zero-order valence-corrected chi connectivity index (χ0v) is 80.2. The number of halogens is 6. The highest BCUT2D eigenvalue weighted by Crippen LogP contribution is 2.47. The molecule has 17 aromatic rings. The maximum absolute atomic E-state index is 11.4. The molecule has 0 saturated carbocycles. The Kier molecular flexibility index (Phi) is 34.6. The van der Waals surface area contributed by atoms with Crippen molar-refractivity contribution in [2.24, 2.45) is 0 Å². The highest BCUT2D eigenvalue weighted by Gasteiger charge is 2.48. The van der Waals surface area contributed by atoms with Crippen molar-refractivity contribution < 1.29 is 102 Å². The van der Waals surface area contributed by atoms with E-state index >= 15 is 0 Å². The van der Waals surface area contributed by atoms with Gasteiger partial charge in [0.25, 0.3) is 0 Å². The van der Waals surface area contributed by atoms with E-state index in [1.807, 2.05) is 84.9 Å². The summed E-state index contributed by atoms with van der Waals surface area (Å²) in [4.78, 5) is 9.18. The van der Waals surface area contributed by atoms with Crippen LogP contribution in [0.25, 0.3) is 43.6 Å². The van der Waals surface area contributed by atoms with Crippen LogP contribution >= 0.6 is 0 Å². The summed E-state index contributed by atoms with van der Waals surface area (Å²) in [7, 11) is -8.55. The van der Waals surface area contributed by atoms with Gasteiger partial charge in [0.05, 0.1) is 75.4 Å². The Labute approximate surface area is 829 Å². The summed E-state index contributed by atoms with van der Waals surface area (Å²) in [6.45, 7) is 6.56. The van der Waals surface area contributed by atoms with Crippen LogP contribution in [0.4, 0.5) is 94.6 Å². The van der Waals surface area contributed by atoms with E-state index in [1.54, 1.807) is 49.8 Å². The van der Waals surface area contributed by atoms with Gasteiger partial charge in [-0.25, -0.2) is 51.9 Å². The summed E-state index contributed by atoms with van der Waals surface area (Å²) in [6, 6.07) is 103. The van der Waals surface area contributed by atoms with E-state index in [1.165, 1.54) is 16.7 Å². The van der Waals surface area contributed by atoms with Gasteiger partial charge in [0.1, 0.15) is 91.2 Å². The number of sulfonamides is 4. The second-order valence-corrected chi connectivity index (χ2v) is 39.6. The van der Waals surface area contributed by atoms with Crippen molar-refractivity contribution in [3.8, 4) is 40.2 Å². The first kappa shape index (κ1) is 108. The molecule has 13 aromatic carbocycles. The topological polar surface area (TPSA) is 266 Å². The maximum atomic E-state index is 11.4. The van der Waals surface area contributed by atoms with Crippen molar-refractivity contribution in [2.45, 2.75) is 86.9 Å². The van der Waals surface area contributed by atoms with Gasteiger partial charge in [-0.05, 0) is 273 Å². The second kappa shape index (κ2) is 45.7. The summed E-state index contributed by atoms with van der Waals surface area (Å²) in [5.41, 5.74) is 9.13. The van der Waals surface area contributed by atoms with Crippen LogP contribution < -0.4 is 70.1 Å². The van der Waals surface area contributed by atoms with Gasteiger partial charge in [-0.2, -0.15) is 26.3 Å². The molecule has 4 heterocycles. The molecule has 37 heteroatoms. The number of aromatic nitrogens is 6. The number of fused-ring (bicyclic) bond motifs is 6. The van der Waals surface area contributed by atoms with Crippen molar-refractivity contribution in [3.63, 3.8) is 0 Å².